The van der Waals surface area contributed by atoms with E-state index in [2.05, 4.69) is 35.1 Å². The molecule has 0 saturated heterocycles. The van der Waals surface area contributed by atoms with E-state index in [1.165, 1.54) is 11.1 Å². The first-order valence-electron chi connectivity index (χ1n) is 6.96. The van der Waals surface area contributed by atoms with Gasteiger partial charge in [0.2, 0.25) is 0 Å². The highest BCUT2D eigenvalue weighted by Crippen LogP contribution is 2.27. The van der Waals surface area contributed by atoms with E-state index in [1.54, 1.807) is 0 Å². The minimum absolute atomic E-state index is 0.729. The van der Waals surface area contributed by atoms with Crippen LogP contribution in [0.15, 0.2) is 47.5 Å². The third-order valence-corrected chi connectivity index (χ3v) is 5.32. The minimum Gasteiger partial charge on any atom is -0.254 e. The molecule has 0 fully saturated rings. The van der Waals surface area contributed by atoms with Gasteiger partial charge in [0.15, 0.2) is 5.82 Å². The summed E-state index contributed by atoms with van der Waals surface area (Å²) in [6.45, 7) is 2.06. The molecule has 0 bridgehead atoms. The number of benzene rings is 2. The molecule has 4 heteroatoms. The summed E-state index contributed by atoms with van der Waals surface area (Å²) >= 11 is 0. The lowest BCUT2D eigenvalue weighted by molar-refractivity contribution is 0.685. The maximum absolute atomic E-state index is 11.8. The number of hydrogen-bond acceptors (Lipinski definition) is 3. The zero-order valence-electron chi connectivity index (χ0n) is 11.7. The maximum Gasteiger partial charge on any atom is 0.159 e. The number of rotatable bonds is 1. The van der Waals surface area contributed by atoms with Crippen molar-refractivity contribution in [3.63, 3.8) is 0 Å². The Morgan fingerprint density at radius 3 is 2.95 bits per heavy atom. The normalized spacial score (nSPS) is 17.1. The largest absolute Gasteiger partial charge is 0.254 e. The molecule has 3 aromatic rings. The van der Waals surface area contributed by atoms with Crippen molar-refractivity contribution in [3.05, 3.63) is 53.7 Å². The zero-order chi connectivity index (χ0) is 14.4. The Kier molecular flexibility index (Phi) is 2.86. The molecule has 1 unspecified atom stereocenters. The molecule has 2 heterocycles. The van der Waals surface area contributed by atoms with E-state index in [9.17, 15) is 4.21 Å². The lowest BCUT2D eigenvalue weighted by atomic mass is 10.1. The first-order valence-corrected chi connectivity index (χ1v) is 8.28. The van der Waals surface area contributed by atoms with Crippen molar-refractivity contribution in [2.45, 2.75) is 18.2 Å². The van der Waals surface area contributed by atoms with Crippen molar-refractivity contribution < 1.29 is 4.21 Å². The van der Waals surface area contributed by atoms with Crippen LogP contribution in [0.4, 0.5) is 0 Å². The molecule has 1 aliphatic rings. The number of fused-ring (bicyclic) bond motifs is 2. The van der Waals surface area contributed by atoms with Gasteiger partial charge in [-0.2, -0.15) is 0 Å². The van der Waals surface area contributed by atoms with Crippen molar-refractivity contribution >= 4 is 21.7 Å². The predicted octanol–water partition coefficient (Wildman–Crippen LogP) is 3.27. The molecule has 1 aromatic heterocycles. The van der Waals surface area contributed by atoms with Crippen LogP contribution in [-0.2, 0) is 17.2 Å². The second kappa shape index (κ2) is 4.74. The van der Waals surface area contributed by atoms with Gasteiger partial charge in [-0.15, -0.1) is 0 Å². The van der Waals surface area contributed by atoms with Crippen molar-refractivity contribution in [1.29, 1.82) is 0 Å². The second-order valence-electron chi connectivity index (χ2n) is 5.38. The average Bonchev–Trinajstić information content (AvgIpc) is 2.87. The van der Waals surface area contributed by atoms with Gasteiger partial charge in [0.25, 0.3) is 0 Å². The van der Waals surface area contributed by atoms with E-state index in [0.717, 1.165) is 39.4 Å². The Morgan fingerprint density at radius 2 is 2.05 bits per heavy atom. The molecule has 2 aromatic carbocycles. The molecule has 21 heavy (non-hydrogen) atoms. The molecule has 0 spiro atoms. The molecule has 0 aliphatic carbocycles. The third-order valence-electron chi connectivity index (χ3n) is 3.86. The molecule has 3 nitrogen and oxygen atoms in total. The molecule has 104 valence electrons. The fourth-order valence-electron chi connectivity index (χ4n) is 2.74. The van der Waals surface area contributed by atoms with E-state index in [4.69, 9.17) is 0 Å². The fourth-order valence-corrected chi connectivity index (χ4v) is 4.04. The van der Waals surface area contributed by atoms with E-state index < -0.39 is 10.8 Å². The van der Waals surface area contributed by atoms with Crippen LogP contribution in [0.5, 0.6) is 0 Å². The van der Waals surface area contributed by atoms with Crippen LogP contribution in [0, 0.1) is 6.92 Å². The van der Waals surface area contributed by atoms with Gasteiger partial charge in [-0.3, -0.25) is 4.21 Å². The Bertz CT molecular complexity index is 889. The number of nitrogens with zero attached hydrogens (tertiary/aromatic N) is 2. The average molecular weight is 294 g/mol. The summed E-state index contributed by atoms with van der Waals surface area (Å²) in [4.78, 5) is 10.1. The molecule has 0 N–H and O–H groups in total. The van der Waals surface area contributed by atoms with Gasteiger partial charge in [-0.05, 0) is 49.2 Å². The monoisotopic (exact) mass is 294 g/mol. The summed E-state index contributed by atoms with van der Waals surface area (Å²) in [6, 6.07) is 12.2. The van der Waals surface area contributed by atoms with Crippen LogP contribution in [0.25, 0.3) is 22.3 Å². The molecule has 4 rings (SSSR count). The van der Waals surface area contributed by atoms with E-state index in [0.29, 0.717) is 0 Å². The highest BCUT2D eigenvalue weighted by Gasteiger charge is 2.18. The lowest BCUT2D eigenvalue weighted by Gasteiger charge is -2.05. The van der Waals surface area contributed by atoms with E-state index in [1.807, 2.05) is 24.4 Å². The van der Waals surface area contributed by atoms with Crippen LogP contribution in [-0.4, -0.2) is 19.9 Å². The van der Waals surface area contributed by atoms with Crippen molar-refractivity contribution in [2.75, 3.05) is 5.75 Å². The molecule has 0 amide bonds. The quantitative estimate of drug-likeness (QED) is 0.692. The van der Waals surface area contributed by atoms with Crippen LogP contribution >= 0.6 is 0 Å². The first kappa shape index (κ1) is 12.7. The van der Waals surface area contributed by atoms with Gasteiger partial charge in [0.05, 0.1) is 16.3 Å². The summed E-state index contributed by atoms with van der Waals surface area (Å²) in [6.07, 6.45) is 2.75. The van der Waals surface area contributed by atoms with Crippen LogP contribution in [0.1, 0.15) is 11.1 Å². The van der Waals surface area contributed by atoms with Crippen LogP contribution in [0.2, 0.25) is 0 Å². The number of aromatic nitrogens is 2. The Labute approximate surface area is 125 Å². The van der Waals surface area contributed by atoms with Gasteiger partial charge in [-0.25, -0.2) is 9.97 Å². The molecule has 0 radical (unpaired) electrons. The van der Waals surface area contributed by atoms with Crippen LogP contribution in [0.3, 0.4) is 0 Å². The van der Waals surface area contributed by atoms with Crippen molar-refractivity contribution in [1.82, 2.24) is 9.97 Å². The van der Waals surface area contributed by atoms with Crippen molar-refractivity contribution in [3.8, 4) is 11.4 Å². The van der Waals surface area contributed by atoms with Gasteiger partial charge in [0, 0.05) is 27.8 Å². The molecule has 1 aliphatic heterocycles. The van der Waals surface area contributed by atoms with Gasteiger partial charge >= 0.3 is 0 Å². The smallest absolute Gasteiger partial charge is 0.159 e. The SMILES string of the molecule is Cc1ccc2nc(-c3ccc4c(c3)CCS4=O)ncc2c1. The molecule has 1 atom stereocenters. The van der Waals surface area contributed by atoms with Crippen molar-refractivity contribution in [2.24, 2.45) is 0 Å². The topological polar surface area (TPSA) is 42.9 Å². The summed E-state index contributed by atoms with van der Waals surface area (Å²) in [5, 5.41) is 1.06. The van der Waals surface area contributed by atoms with Gasteiger partial charge in [-0.1, -0.05) is 11.6 Å². The number of aryl methyl sites for hydroxylation is 2. The summed E-state index contributed by atoms with van der Waals surface area (Å²) in [5.74, 6) is 1.46. The highest BCUT2D eigenvalue weighted by molar-refractivity contribution is 7.85. The predicted molar refractivity (Wildman–Crippen MR) is 84.7 cm³/mol. The Balaban J connectivity index is 1.83. The fraction of sp³-hybridized carbons (Fsp3) is 0.176. The summed E-state index contributed by atoms with van der Waals surface area (Å²) in [5.41, 5.74) is 4.32. The van der Waals surface area contributed by atoms with Gasteiger partial charge < -0.3 is 0 Å². The summed E-state index contributed by atoms with van der Waals surface area (Å²) < 4.78 is 11.8. The molecular formula is C17H14N2OS. The first-order chi connectivity index (χ1) is 10.2. The van der Waals surface area contributed by atoms with Gasteiger partial charge in [0.1, 0.15) is 0 Å². The Hall–Kier alpha value is -2.07. The maximum atomic E-state index is 11.8. The van der Waals surface area contributed by atoms with E-state index in [-0.39, 0.29) is 0 Å². The van der Waals surface area contributed by atoms with E-state index >= 15 is 0 Å². The molecular weight excluding hydrogens is 280 g/mol. The third kappa shape index (κ3) is 2.16. The lowest BCUT2D eigenvalue weighted by Crippen LogP contribution is -1.92. The van der Waals surface area contributed by atoms with Crippen LogP contribution < -0.4 is 0 Å². The molecule has 0 saturated carbocycles. The second-order valence-corrected chi connectivity index (χ2v) is 6.92. The standard InChI is InChI=1S/C17H14N2OS/c1-11-2-4-15-14(8-11)10-18-17(19-15)13-3-5-16-12(9-13)6-7-21(16)20/h2-5,8-10H,6-7H2,1H3. The summed E-state index contributed by atoms with van der Waals surface area (Å²) in [7, 11) is -0.828. The zero-order valence-corrected chi connectivity index (χ0v) is 12.5. The highest BCUT2D eigenvalue weighted by atomic mass is 32.2. The minimum atomic E-state index is -0.828. The Morgan fingerprint density at radius 1 is 1.14 bits per heavy atom. The number of hydrogen-bond donors (Lipinski definition) is 0.